The van der Waals surface area contributed by atoms with Crippen molar-refractivity contribution in [3.63, 3.8) is 0 Å². The van der Waals surface area contributed by atoms with Gasteiger partial charge in [0.25, 0.3) is 0 Å². The highest BCUT2D eigenvalue weighted by Crippen LogP contribution is 2.32. The van der Waals surface area contributed by atoms with Gasteiger partial charge >= 0.3 is 12.1 Å². The van der Waals surface area contributed by atoms with Crippen molar-refractivity contribution in [3.05, 3.63) is 0 Å². The van der Waals surface area contributed by atoms with Crippen molar-refractivity contribution >= 4 is 5.97 Å². The van der Waals surface area contributed by atoms with Crippen LogP contribution in [-0.4, -0.2) is 42.9 Å². The zero-order valence-corrected chi connectivity index (χ0v) is 7.97. The van der Waals surface area contributed by atoms with Crippen LogP contribution < -0.4 is 10.6 Å². The van der Waals surface area contributed by atoms with Crippen LogP contribution in [0.5, 0.6) is 0 Å². The van der Waals surface area contributed by atoms with Gasteiger partial charge in [-0.05, 0) is 6.42 Å². The Bertz CT molecular complexity index is 232. The molecule has 15 heavy (non-hydrogen) atoms. The minimum atomic E-state index is -4.16. The van der Waals surface area contributed by atoms with Gasteiger partial charge in [0.05, 0.1) is 12.5 Å². The maximum atomic E-state index is 12.2. The second-order valence-electron chi connectivity index (χ2n) is 3.60. The van der Waals surface area contributed by atoms with Crippen LogP contribution in [-0.2, 0) is 4.79 Å². The third-order valence-corrected chi connectivity index (χ3v) is 2.35. The molecular formula is C8H13F3N2O2. The van der Waals surface area contributed by atoms with E-state index in [2.05, 4.69) is 10.6 Å². The van der Waals surface area contributed by atoms with Crippen LogP contribution in [0, 0.1) is 5.92 Å². The number of halogens is 3. The normalized spacial score (nSPS) is 26.9. The molecule has 0 amide bonds. The fourth-order valence-corrected chi connectivity index (χ4v) is 1.58. The summed E-state index contributed by atoms with van der Waals surface area (Å²) in [5, 5.41) is 13.6. The quantitative estimate of drug-likeness (QED) is 0.641. The van der Waals surface area contributed by atoms with Gasteiger partial charge in [-0.25, -0.2) is 0 Å². The average Bonchev–Trinajstić information content (AvgIpc) is 2.51. The number of carboxylic acid groups (broad SMARTS) is 1. The summed E-state index contributed by atoms with van der Waals surface area (Å²) in [6.45, 7) is -0.0589. The van der Waals surface area contributed by atoms with Gasteiger partial charge in [-0.15, -0.1) is 0 Å². The van der Waals surface area contributed by atoms with Crippen LogP contribution in [0.2, 0.25) is 0 Å². The number of hydrogen-bond donors (Lipinski definition) is 3. The van der Waals surface area contributed by atoms with Crippen molar-refractivity contribution in [2.45, 2.75) is 18.6 Å². The molecular weight excluding hydrogens is 213 g/mol. The van der Waals surface area contributed by atoms with E-state index in [0.29, 0.717) is 0 Å². The predicted octanol–water partition coefficient (Wildman–Crippen LogP) is 0.201. The maximum Gasteiger partial charge on any atom is 0.393 e. The van der Waals surface area contributed by atoms with Crippen molar-refractivity contribution in [1.82, 2.24) is 10.6 Å². The average molecular weight is 226 g/mol. The highest BCUT2D eigenvalue weighted by Gasteiger charge is 2.43. The Labute approximate surface area is 84.8 Å². The first-order valence-corrected chi connectivity index (χ1v) is 4.62. The zero-order valence-electron chi connectivity index (χ0n) is 7.97. The molecule has 0 aromatic carbocycles. The Morgan fingerprint density at radius 3 is 2.67 bits per heavy atom. The number of hydrogen-bond acceptors (Lipinski definition) is 3. The molecule has 3 N–H and O–H groups in total. The summed E-state index contributed by atoms with van der Waals surface area (Å²) in [5.41, 5.74) is 0. The van der Waals surface area contributed by atoms with Crippen molar-refractivity contribution in [2.24, 2.45) is 5.92 Å². The lowest BCUT2D eigenvalue weighted by Gasteiger charge is -2.13. The monoisotopic (exact) mass is 226 g/mol. The number of aliphatic carboxylic acids is 1. The molecule has 0 radical (unpaired) electrons. The molecule has 2 atom stereocenters. The largest absolute Gasteiger partial charge is 0.480 e. The van der Waals surface area contributed by atoms with Gasteiger partial charge in [0.15, 0.2) is 0 Å². The lowest BCUT2D eigenvalue weighted by atomic mass is 10.1. The number of carbonyl (C=O) groups is 1. The highest BCUT2D eigenvalue weighted by molar-refractivity contribution is 5.68. The van der Waals surface area contributed by atoms with E-state index in [9.17, 15) is 18.0 Å². The van der Waals surface area contributed by atoms with Gasteiger partial charge in [-0.2, -0.15) is 13.2 Å². The van der Waals surface area contributed by atoms with E-state index in [1.54, 1.807) is 0 Å². The maximum absolute atomic E-state index is 12.2. The van der Waals surface area contributed by atoms with Crippen LogP contribution in [0.1, 0.15) is 6.42 Å². The molecule has 1 rings (SSSR count). The number of alkyl halides is 3. The first kappa shape index (κ1) is 12.3. The van der Waals surface area contributed by atoms with E-state index in [-0.39, 0.29) is 32.1 Å². The summed E-state index contributed by atoms with van der Waals surface area (Å²) >= 11 is 0. The van der Waals surface area contributed by atoms with Gasteiger partial charge in [0, 0.05) is 19.1 Å². The highest BCUT2D eigenvalue weighted by atomic mass is 19.4. The molecule has 1 heterocycles. The molecule has 0 aromatic heterocycles. The minimum absolute atomic E-state index is 0.0100. The van der Waals surface area contributed by atoms with Gasteiger partial charge in [0.2, 0.25) is 0 Å². The smallest absolute Gasteiger partial charge is 0.393 e. The number of carboxylic acids is 1. The van der Waals surface area contributed by atoms with Crippen molar-refractivity contribution in [1.29, 1.82) is 0 Å². The summed E-state index contributed by atoms with van der Waals surface area (Å²) in [6, 6.07) is -0.295. The Morgan fingerprint density at radius 2 is 2.20 bits per heavy atom. The molecule has 1 aliphatic heterocycles. The van der Waals surface area contributed by atoms with Crippen molar-refractivity contribution < 1.29 is 23.1 Å². The summed E-state index contributed by atoms with van der Waals surface area (Å²) < 4.78 is 36.7. The standard InChI is InChI=1S/C8H13F3N2O2/c9-8(10,11)5-1-6(13-2-5)3-12-4-7(14)15/h5-6,12-13H,1-4H2,(H,14,15). The van der Waals surface area contributed by atoms with Crippen LogP contribution in [0.3, 0.4) is 0 Å². The second-order valence-corrected chi connectivity index (χ2v) is 3.60. The van der Waals surface area contributed by atoms with Crippen LogP contribution >= 0.6 is 0 Å². The van der Waals surface area contributed by atoms with E-state index in [1.165, 1.54) is 0 Å². The fourth-order valence-electron chi connectivity index (χ4n) is 1.58. The first-order chi connectivity index (χ1) is 6.89. The van der Waals surface area contributed by atoms with E-state index in [0.717, 1.165) is 0 Å². The molecule has 0 bridgehead atoms. The van der Waals surface area contributed by atoms with Crippen molar-refractivity contribution in [3.8, 4) is 0 Å². The van der Waals surface area contributed by atoms with Crippen LogP contribution in [0.4, 0.5) is 13.2 Å². The topological polar surface area (TPSA) is 61.4 Å². The molecule has 0 aliphatic carbocycles. The molecule has 0 saturated carbocycles. The Hall–Kier alpha value is -0.820. The van der Waals surface area contributed by atoms with Gasteiger partial charge in [-0.3, -0.25) is 4.79 Å². The minimum Gasteiger partial charge on any atom is -0.480 e. The third kappa shape index (κ3) is 4.05. The zero-order chi connectivity index (χ0) is 11.5. The lowest BCUT2D eigenvalue weighted by Crippen LogP contribution is -2.36. The summed E-state index contributed by atoms with van der Waals surface area (Å²) in [7, 11) is 0. The molecule has 88 valence electrons. The summed E-state index contributed by atoms with van der Waals surface area (Å²) in [4.78, 5) is 10.1. The number of nitrogens with one attached hydrogen (secondary N) is 2. The van der Waals surface area contributed by atoms with Crippen molar-refractivity contribution in [2.75, 3.05) is 19.6 Å². The van der Waals surface area contributed by atoms with E-state index in [4.69, 9.17) is 5.11 Å². The summed E-state index contributed by atoms with van der Waals surface area (Å²) in [5.74, 6) is -2.32. The molecule has 1 aliphatic rings. The number of rotatable bonds is 4. The second kappa shape index (κ2) is 4.80. The van der Waals surface area contributed by atoms with E-state index < -0.39 is 18.1 Å². The fraction of sp³-hybridized carbons (Fsp3) is 0.875. The molecule has 7 heteroatoms. The molecule has 0 aromatic rings. The van der Waals surface area contributed by atoms with E-state index >= 15 is 0 Å². The van der Waals surface area contributed by atoms with Gasteiger partial charge in [-0.1, -0.05) is 0 Å². The Kier molecular flexibility index (Phi) is 3.92. The van der Waals surface area contributed by atoms with Crippen LogP contribution in [0.25, 0.3) is 0 Å². The third-order valence-electron chi connectivity index (χ3n) is 2.35. The lowest BCUT2D eigenvalue weighted by molar-refractivity contribution is -0.169. The van der Waals surface area contributed by atoms with Gasteiger partial charge < -0.3 is 15.7 Å². The Morgan fingerprint density at radius 1 is 1.53 bits per heavy atom. The predicted molar refractivity (Wildman–Crippen MR) is 46.5 cm³/mol. The van der Waals surface area contributed by atoms with E-state index in [1.807, 2.05) is 0 Å². The molecule has 1 fully saturated rings. The van der Waals surface area contributed by atoms with Gasteiger partial charge in [0.1, 0.15) is 0 Å². The molecule has 1 saturated heterocycles. The van der Waals surface area contributed by atoms with Crippen LogP contribution in [0.15, 0.2) is 0 Å². The molecule has 4 nitrogen and oxygen atoms in total. The Balaban J connectivity index is 2.22. The summed E-state index contributed by atoms with van der Waals surface area (Å²) in [6.07, 6.45) is -4.15. The molecule has 2 unspecified atom stereocenters. The first-order valence-electron chi connectivity index (χ1n) is 4.62. The molecule has 0 spiro atoms. The SMILES string of the molecule is O=C(O)CNCC1CC(C(F)(F)F)CN1.